The average molecular weight is 413 g/mol. The molecule has 0 radical (unpaired) electrons. The highest BCUT2D eigenvalue weighted by atomic mass is 16.6. The lowest BCUT2D eigenvalue weighted by Gasteiger charge is -2.42. The van der Waals surface area contributed by atoms with E-state index in [4.69, 9.17) is 9.47 Å². The molecule has 30 heavy (non-hydrogen) atoms. The van der Waals surface area contributed by atoms with Gasteiger partial charge in [-0.05, 0) is 70.3 Å². The van der Waals surface area contributed by atoms with Gasteiger partial charge in [-0.1, -0.05) is 18.1 Å². The van der Waals surface area contributed by atoms with Gasteiger partial charge in [0.25, 0.3) is 0 Å². The highest BCUT2D eigenvalue weighted by Crippen LogP contribution is 2.45. The second kappa shape index (κ2) is 9.53. The lowest BCUT2D eigenvalue weighted by Crippen LogP contribution is -2.52. The number of nitrogens with zero attached hydrogens (tertiary/aromatic N) is 2. The monoisotopic (exact) mass is 412 g/mol. The fourth-order valence-corrected chi connectivity index (χ4v) is 4.63. The summed E-state index contributed by atoms with van der Waals surface area (Å²) in [5.74, 6) is 6.38. The predicted octanol–water partition coefficient (Wildman–Crippen LogP) is 3.22. The molecule has 1 saturated carbocycles. The number of carbonyl (C=O) groups excluding carboxylic acids is 2. The molecule has 6 nitrogen and oxygen atoms in total. The van der Waals surface area contributed by atoms with Crippen molar-refractivity contribution in [3.8, 4) is 11.8 Å². The number of ether oxygens (including phenoxy) is 2. The van der Waals surface area contributed by atoms with E-state index in [1.807, 2.05) is 50.2 Å². The zero-order valence-corrected chi connectivity index (χ0v) is 18.4. The van der Waals surface area contributed by atoms with E-state index in [0.717, 1.165) is 30.4 Å². The molecule has 1 aromatic rings. The zero-order valence-electron chi connectivity index (χ0n) is 18.4. The molecule has 0 spiro atoms. The molecule has 0 N–H and O–H groups in total. The molecule has 3 atom stereocenters. The Bertz CT molecular complexity index is 841. The average Bonchev–Trinajstić information content (AvgIpc) is 3.16. The first-order valence-electron chi connectivity index (χ1n) is 10.7. The predicted molar refractivity (Wildman–Crippen MR) is 115 cm³/mol. The van der Waals surface area contributed by atoms with Gasteiger partial charge in [-0.2, -0.15) is 0 Å². The summed E-state index contributed by atoms with van der Waals surface area (Å²) in [4.78, 5) is 28.7. The quantitative estimate of drug-likeness (QED) is 0.561. The van der Waals surface area contributed by atoms with Crippen LogP contribution in [0.4, 0.5) is 4.79 Å². The second-order valence-corrected chi connectivity index (χ2v) is 8.55. The maximum atomic E-state index is 12.7. The number of fused-ring (bicyclic) bond motifs is 1. The minimum atomic E-state index is -0.876. The summed E-state index contributed by atoms with van der Waals surface area (Å²) >= 11 is 0. The number of hydrogen-bond donors (Lipinski definition) is 0. The number of benzene rings is 1. The third-order valence-corrected chi connectivity index (χ3v) is 6.10. The molecule has 2 aliphatic rings. The minimum absolute atomic E-state index is 0.00837. The van der Waals surface area contributed by atoms with Crippen molar-refractivity contribution in [2.45, 2.75) is 50.7 Å². The van der Waals surface area contributed by atoms with Crippen molar-refractivity contribution in [1.29, 1.82) is 0 Å². The topological polar surface area (TPSA) is 59.1 Å². The summed E-state index contributed by atoms with van der Waals surface area (Å²) in [5.41, 5.74) is 1.17. The number of carbonyl (C=O) groups is 2. The van der Waals surface area contributed by atoms with Gasteiger partial charge in [0.1, 0.15) is 0 Å². The maximum Gasteiger partial charge on any atom is 0.409 e. The van der Waals surface area contributed by atoms with Crippen LogP contribution in [0.15, 0.2) is 24.3 Å². The van der Waals surface area contributed by atoms with Gasteiger partial charge >= 0.3 is 12.1 Å². The van der Waals surface area contributed by atoms with Crippen molar-refractivity contribution in [2.24, 2.45) is 5.92 Å². The Morgan fingerprint density at radius 1 is 1.30 bits per heavy atom. The molecule has 0 bridgehead atoms. The van der Waals surface area contributed by atoms with Crippen molar-refractivity contribution >= 4 is 12.1 Å². The number of hydrogen-bond acceptors (Lipinski definition) is 5. The Kier molecular flexibility index (Phi) is 7.04. The Labute approximate surface area is 179 Å². The van der Waals surface area contributed by atoms with Crippen molar-refractivity contribution in [1.82, 2.24) is 9.80 Å². The third-order valence-electron chi connectivity index (χ3n) is 6.10. The number of methoxy groups -OCH3 is 1. The van der Waals surface area contributed by atoms with Crippen LogP contribution in [-0.2, 0) is 14.3 Å². The molecule has 1 heterocycles. The molecule has 1 aliphatic carbocycles. The third kappa shape index (κ3) is 4.96. The summed E-state index contributed by atoms with van der Waals surface area (Å²) in [7, 11) is 5.27. The highest BCUT2D eigenvalue weighted by Gasteiger charge is 2.53. The Morgan fingerprint density at radius 3 is 2.80 bits per heavy atom. The SMILES string of the molecule is COC(=O)N1CC[C@@H]2[C@H]1CCC[C@]2(C#Cc1cccc(C)c1)OC(=O)CCN(C)C. The van der Waals surface area contributed by atoms with Crippen molar-refractivity contribution in [2.75, 3.05) is 34.3 Å². The Hall–Kier alpha value is -2.52. The van der Waals surface area contributed by atoms with Crippen LogP contribution in [0.5, 0.6) is 0 Å². The molecule has 162 valence electrons. The van der Waals surface area contributed by atoms with Gasteiger partial charge in [0.15, 0.2) is 5.60 Å². The van der Waals surface area contributed by atoms with Crippen LogP contribution in [0, 0.1) is 24.7 Å². The van der Waals surface area contributed by atoms with E-state index in [1.165, 1.54) is 7.11 Å². The van der Waals surface area contributed by atoms with Gasteiger partial charge in [-0.3, -0.25) is 4.79 Å². The summed E-state index contributed by atoms with van der Waals surface area (Å²) in [5, 5.41) is 0. The molecule has 1 saturated heterocycles. The molecule has 1 aromatic carbocycles. The molecular weight excluding hydrogens is 380 g/mol. The van der Waals surface area contributed by atoms with E-state index in [9.17, 15) is 9.59 Å². The zero-order chi connectivity index (χ0) is 21.7. The normalized spacial score (nSPS) is 25.3. The molecule has 3 rings (SSSR count). The van der Waals surface area contributed by atoms with Crippen LogP contribution >= 0.6 is 0 Å². The van der Waals surface area contributed by atoms with E-state index >= 15 is 0 Å². The first-order valence-corrected chi connectivity index (χ1v) is 10.7. The van der Waals surface area contributed by atoms with Crippen LogP contribution in [0.1, 0.15) is 43.2 Å². The van der Waals surface area contributed by atoms with Crippen LogP contribution in [0.2, 0.25) is 0 Å². The molecule has 1 amide bonds. The lowest BCUT2D eigenvalue weighted by molar-refractivity contribution is -0.163. The van der Waals surface area contributed by atoms with Crippen LogP contribution in [0.25, 0.3) is 0 Å². The Balaban J connectivity index is 1.91. The molecular formula is C24H32N2O4. The van der Waals surface area contributed by atoms with Crippen LogP contribution < -0.4 is 0 Å². The summed E-state index contributed by atoms with van der Waals surface area (Å²) in [6, 6.07) is 8.00. The molecule has 2 fully saturated rings. The highest BCUT2D eigenvalue weighted by molar-refractivity contribution is 5.71. The number of aryl methyl sites for hydroxylation is 1. The first-order chi connectivity index (χ1) is 14.3. The van der Waals surface area contributed by atoms with E-state index in [0.29, 0.717) is 25.9 Å². The Morgan fingerprint density at radius 2 is 2.10 bits per heavy atom. The molecule has 1 aliphatic heterocycles. The van der Waals surface area contributed by atoms with Gasteiger partial charge in [0, 0.05) is 30.6 Å². The number of amides is 1. The lowest BCUT2D eigenvalue weighted by atomic mass is 9.72. The van der Waals surface area contributed by atoms with Gasteiger partial charge in [-0.15, -0.1) is 0 Å². The smallest absolute Gasteiger partial charge is 0.409 e. The van der Waals surface area contributed by atoms with E-state index in [-0.39, 0.29) is 24.0 Å². The summed E-state index contributed by atoms with van der Waals surface area (Å²) in [6.45, 7) is 3.26. The van der Waals surface area contributed by atoms with Crippen molar-refractivity contribution < 1.29 is 19.1 Å². The van der Waals surface area contributed by atoms with Gasteiger partial charge in [-0.25, -0.2) is 4.79 Å². The van der Waals surface area contributed by atoms with Crippen LogP contribution in [-0.4, -0.2) is 67.8 Å². The van der Waals surface area contributed by atoms with E-state index < -0.39 is 5.60 Å². The molecule has 0 aromatic heterocycles. The summed E-state index contributed by atoms with van der Waals surface area (Å²) < 4.78 is 11.1. The van der Waals surface area contributed by atoms with Crippen molar-refractivity contribution in [3.63, 3.8) is 0 Å². The van der Waals surface area contributed by atoms with Gasteiger partial charge < -0.3 is 19.3 Å². The number of likely N-dealkylation sites (tertiary alicyclic amines) is 1. The standard InChI is InChI=1S/C24H32N2O4/c1-18-7-5-8-19(17-18)10-14-24(30-22(27)12-15-25(2)3)13-6-9-21-20(24)11-16-26(21)23(28)29-4/h5,7-8,17,20-21H,6,9,11-13,15-16H2,1-4H3/t20-,21-,24-/m1/s1. The fourth-order valence-electron chi connectivity index (χ4n) is 4.63. The van der Waals surface area contributed by atoms with Crippen molar-refractivity contribution in [3.05, 3.63) is 35.4 Å². The van der Waals surface area contributed by atoms with E-state index in [1.54, 1.807) is 4.90 Å². The van der Waals surface area contributed by atoms with Crippen LogP contribution in [0.3, 0.4) is 0 Å². The second-order valence-electron chi connectivity index (χ2n) is 8.55. The van der Waals surface area contributed by atoms with Gasteiger partial charge in [0.05, 0.1) is 13.5 Å². The largest absolute Gasteiger partial charge is 0.453 e. The molecule has 6 heteroatoms. The summed E-state index contributed by atoms with van der Waals surface area (Å²) in [6.07, 6.45) is 3.17. The minimum Gasteiger partial charge on any atom is -0.453 e. The number of rotatable bonds is 4. The van der Waals surface area contributed by atoms with Gasteiger partial charge in [0.2, 0.25) is 0 Å². The fraction of sp³-hybridized carbons (Fsp3) is 0.583. The van der Waals surface area contributed by atoms with E-state index in [2.05, 4.69) is 11.8 Å². The maximum absolute atomic E-state index is 12.7. The molecule has 0 unspecified atom stereocenters. The number of esters is 1. The first kappa shape index (κ1) is 22.2.